The molecule has 0 bridgehead atoms. The SMILES string of the molecule is Cc1cc(C)nc(Nc2ccccc2C(=O)N[C@@H](C)CCc2ccccc2)n1. The summed E-state index contributed by atoms with van der Waals surface area (Å²) in [4.78, 5) is 21.6. The Morgan fingerprint density at radius 3 is 2.32 bits per heavy atom. The fraction of sp³-hybridized carbons (Fsp3) is 0.261. The summed E-state index contributed by atoms with van der Waals surface area (Å²) in [5, 5.41) is 6.28. The third-order valence-corrected chi connectivity index (χ3v) is 4.49. The molecule has 0 radical (unpaired) electrons. The van der Waals surface area contributed by atoms with E-state index in [1.165, 1.54) is 5.56 Å². The molecule has 0 aliphatic heterocycles. The Labute approximate surface area is 166 Å². The number of amides is 1. The lowest BCUT2D eigenvalue weighted by atomic mass is 10.1. The summed E-state index contributed by atoms with van der Waals surface area (Å²) >= 11 is 0. The number of hydrogen-bond donors (Lipinski definition) is 2. The lowest BCUT2D eigenvalue weighted by molar-refractivity contribution is 0.0939. The molecule has 2 aromatic carbocycles. The van der Waals surface area contributed by atoms with Gasteiger partial charge in [-0.05, 0) is 57.4 Å². The van der Waals surface area contributed by atoms with E-state index < -0.39 is 0 Å². The van der Waals surface area contributed by atoms with Crippen molar-refractivity contribution in [2.45, 2.75) is 39.7 Å². The molecule has 5 heteroatoms. The van der Waals surface area contributed by atoms with Crippen molar-refractivity contribution >= 4 is 17.5 Å². The van der Waals surface area contributed by atoms with Crippen molar-refractivity contribution < 1.29 is 4.79 Å². The number of carbonyl (C=O) groups excluding carboxylic acids is 1. The quantitative estimate of drug-likeness (QED) is 0.635. The lowest BCUT2D eigenvalue weighted by Gasteiger charge is -2.16. The molecule has 0 saturated heterocycles. The normalized spacial score (nSPS) is 11.7. The smallest absolute Gasteiger partial charge is 0.253 e. The highest BCUT2D eigenvalue weighted by atomic mass is 16.1. The second kappa shape index (κ2) is 9.13. The van der Waals surface area contributed by atoms with Crippen LogP contribution < -0.4 is 10.6 Å². The fourth-order valence-electron chi connectivity index (χ4n) is 3.09. The summed E-state index contributed by atoms with van der Waals surface area (Å²) in [5.41, 5.74) is 4.31. The number of benzene rings is 2. The lowest BCUT2D eigenvalue weighted by Crippen LogP contribution is -2.33. The van der Waals surface area contributed by atoms with E-state index in [0.29, 0.717) is 17.2 Å². The first-order valence-corrected chi connectivity index (χ1v) is 9.54. The Bertz CT molecular complexity index is 920. The molecule has 0 unspecified atom stereocenters. The van der Waals surface area contributed by atoms with Crippen LogP contribution in [0, 0.1) is 13.8 Å². The second-order valence-corrected chi connectivity index (χ2v) is 7.04. The van der Waals surface area contributed by atoms with Gasteiger partial charge in [-0.2, -0.15) is 0 Å². The van der Waals surface area contributed by atoms with Gasteiger partial charge in [0.2, 0.25) is 5.95 Å². The number of carbonyl (C=O) groups is 1. The molecule has 5 nitrogen and oxygen atoms in total. The van der Waals surface area contributed by atoms with Crippen molar-refractivity contribution in [2.75, 3.05) is 5.32 Å². The number of nitrogens with zero attached hydrogens (tertiary/aromatic N) is 2. The van der Waals surface area contributed by atoms with E-state index in [4.69, 9.17) is 0 Å². The van der Waals surface area contributed by atoms with Crippen LogP contribution in [0.2, 0.25) is 0 Å². The first-order valence-electron chi connectivity index (χ1n) is 9.54. The van der Waals surface area contributed by atoms with Gasteiger partial charge in [-0.1, -0.05) is 42.5 Å². The molecule has 0 saturated carbocycles. The van der Waals surface area contributed by atoms with Gasteiger partial charge in [0.05, 0.1) is 11.3 Å². The molecule has 28 heavy (non-hydrogen) atoms. The van der Waals surface area contributed by atoms with Gasteiger partial charge in [0.1, 0.15) is 0 Å². The first-order chi connectivity index (χ1) is 13.5. The maximum Gasteiger partial charge on any atom is 0.253 e. The molecular weight excluding hydrogens is 348 g/mol. The third kappa shape index (κ3) is 5.39. The first kappa shape index (κ1) is 19.5. The summed E-state index contributed by atoms with van der Waals surface area (Å²) in [6.45, 7) is 5.88. The van der Waals surface area contributed by atoms with E-state index in [9.17, 15) is 4.79 Å². The van der Waals surface area contributed by atoms with Crippen molar-refractivity contribution in [2.24, 2.45) is 0 Å². The summed E-state index contributed by atoms with van der Waals surface area (Å²) in [7, 11) is 0. The maximum absolute atomic E-state index is 12.8. The van der Waals surface area contributed by atoms with Crippen LogP contribution in [0.15, 0.2) is 60.7 Å². The molecule has 0 aliphatic carbocycles. The van der Waals surface area contributed by atoms with E-state index >= 15 is 0 Å². The number of anilines is 2. The average Bonchev–Trinajstić information content (AvgIpc) is 2.67. The summed E-state index contributed by atoms with van der Waals surface area (Å²) in [5.74, 6) is 0.392. The van der Waals surface area contributed by atoms with Crippen molar-refractivity contribution in [1.82, 2.24) is 15.3 Å². The number of hydrogen-bond acceptors (Lipinski definition) is 4. The Balaban J connectivity index is 1.66. The zero-order valence-electron chi connectivity index (χ0n) is 16.6. The van der Waals surface area contributed by atoms with Gasteiger partial charge >= 0.3 is 0 Å². The monoisotopic (exact) mass is 374 g/mol. The van der Waals surface area contributed by atoms with Crippen LogP contribution in [0.5, 0.6) is 0 Å². The number of para-hydroxylation sites is 1. The van der Waals surface area contributed by atoms with Crippen LogP contribution in [0.3, 0.4) is 0 Å². The van der Waals surface area contributed by atoms with Gasteiger partial charge in [-0.3, -0.25) is 4.79 Å². The van der Waals surface area contributed by atoms with E-state index in [1.54, 1.807) is 0 Å². The Morgan fingerprint density at radius 1 is 0.964 bits per heavy atom. The van der Waals surface area contributed by atoms with Gasteiger partial charge < -0.3 is 10.6 Å². The molecule has 1 atom stereocenters. The zero-order chi connectivity index (χ0) is 19.9. The second-order valence-electron chi connectivity index (χ2n) is 7.04. The highest BCUT2D eigenvalue weighted by Crippen LogP contribution is 2.19. The molecule has 3 aromatic rings. The van der Waals surface area contributed by atoms with Crippen LogP contribution in [0.1, 0.15) is 40.7 Å². The Kier molecular flexibility index (Phi) is 6.37. The van der Waals surface area contributed by atoms with Gasteiger partial charge in [0.25, 0.3) is 5.91 Å². The number of aromatic nitrogens is 2. The molecule has 0 aliphatic rings. The summed E-state index contributed by atoms with van der Waals surface area (Å²) in [6.07, 6.45) is 1.81. The molecule has 3 rings (SSSR count). The molecule has 0 fully saturated rings. The van der Waals surface area contributed by atoms with Crippen molar-refractivity contribution in [3.63, 3.8) is 0 Å². The highest BCUT2D eigenvalue weighted by molar-refractivity contribution is 6.00. The molecular formula is C23H26N4O. The fourth-order valence-corrected chi connectivity index (χ4v) is 3.09. The van der Waals surface area contributed by atoms with Crippen LogP contribution in [0.4, 0.5) is 11.6 Å². The van der Waals surface area contributed by atoms with E-state index in [2.05, 4.69) is 32.7 Å². The minimum Gasteiger partial charge on any atom is -0.350 e. The molecule has 144 valence electrons. The van der Waals surface area contributed by atoms with E-state index in [1.807, 2.05) is 69.3 Å². The van der Waals surface area contributed by atoms with Gasteiger partial charge in [0, 0.05) is 17.4 Å². The zero-order valence-corrected chi connectivity index (χ0v) is 16.6. The molecule has 1 aromatic heterocycles. The average molecular weight is 374 g/mol. The van der Waals surface area contributed by atoms with E-state index in [-0.39, 0.29) is 11.9 Å². The predicted molar refractivity (Wildman–Crippen MR) is 113 cm³/mol. The van der Waals surface area contributed by atoms with Crippen LogP contribution in [-0.4, -0.2) is 21.9 Å². The van der Waals surface area contributed by atoms with Crippen molar-refractivity contribution in [1.29, 1.82) is 0 Å². The number of nitrogens with one attached hydrogen (secondary N) is 2. The van der Waals surface area contributed by atoms with Crippen molar-refractivity contribution in [3.8, 4) is 0 Å². The van der Waals surface area contributed by atoms with Crippen LogP contribution in [0.25, 0.3) is 0 Å². The number of rotatable bonds is 7. The van der Waals surface area contributed by atoms with Crippen LogP contribution >= 0.6 is 0 Å². The molecule has 0 spiro atoms. The maximum atomic E-state index is 12.8. The van der Waals surface area contributed by atoms with Gasteiger partial charge in [-0.25, -0.2) is 9.97 Å². The Hall–Kier alpha value is -3.21. The molecule has 2 N–H and O–H groups in total. The van der Waals surface area contributed by atoms with Gasteiger partial charge in [-0.15, -0.1) is 0 Å². The topological polar surface area (TPSA) is 66.9 Å². The van der Waals surface area contributed by atoms with Crippen molar-refractivity contribution in [3.05, 3.63) is 83.2 Å². The largest absolute Gasteiger partial charge is 0.350 e. The summed E-state index contributed by atoms with van der Waals surface area (Å²) in [6, 6.07) is 19.7. The minimum atomic E-state index is -0.104. The van der Waals surface area contributed by atoms with E-state index in [0.717, 1.165) is 24.2 Å². The third-order valence-electron chi connectivity index (χ3n) is 4.49. The van der Waals surface area contributed by atoms with Gasteiger partial charge in [0.15, 0.2) is 0 Å². The standard InChI is InChI=1S/C23H26N4O/c1-16(13-14-19-9-5-4-6-10-19)24-22(28)20-11-7-8-12-21(20)27-23-25-17(2)15-18(3)26-23/h4-12,15-16H,13-14H2,1-3H3,(H,24,28)(H,25,26,27)/t16-/m0/s1. The minimum absolute atomic E-state index is 0.0678. The number of aryl methyl sites for hydroxylation is 3. The highest BCUT2D eigenvalue weighted by Gasteiger charge is 2.14. The molecule has 1 amide bonds. The van der Waals surface area contributed by atoms with Crippen LogP contribution in [-0.2, 0) is 6.42 Å². The summed E-state index contributed by atoms with van der Waals surface area (Å²) < 4.78 is 0. The molecule has 1 heterocycles. The predicted octanol–water partition coefficient (Wildman–Crippen LogP) is 4.59. The Morgan fingerprint density at radius 2 is 1.61 bits per heavy atom.